The summed E-state index contributed by atoms with van der Waals surface area (Å²) in [7, 11) is 0. The van der Waals surface area contributed by atoms with E-state index in [1.54, 1.807) is 0 Å². The minimum Gasteiger partial charge on any atom is -0.228 e. The molecular weight excluding hydrogens is 749 g/mol. The molecule has 3 aliphatic rings. The van der Waals surface area contributed by atoms with Crippen LogP contribution in [-0.4, -0.2) is 9.97 Å². The number of aromatic nitrogens is 2. The van der Waals surface area contributed by atoms with Crippen molar-refractivity contribution in [2.24, 2.45) is 0 Å². The number of rotatable bonds is 4. The summed E-state index contributed by atoms with van der Waals surface area (Å²) in [4.78, 5) is 10.9. The summed E-state index contributed by atoms with van der Waals surface area (Å²) in [5.41, 5.74) is 24.7. The maximum Gasteiger partial charge on any atom is 0.160 e. The largest absolute Gasteiger partial charge is 0.228 e. The molecule has 288 valence electrons. The molecule has 0 radical (unpaired) electrons. The van der Waals surface area contributed by atoms with Crippen LogP contribution in [0.25, 0.3) is 89.5 Å². The Bertz CT molecular complexity index is 3390. The third-order valence-electron chi connectivity index (χ3n) is 13.6. The summed E-state index contributed by atoms with van der Waals surface area (Å²) < 4.78 is 0. The summed E-state index contributed by atoms with van der Waals surface area (Å²) in [6.07, 6.45) is 0.908. The third-order valence-corrected chi connectivity index (χ3v) is 13.6. The van der Waals surface area contributed by atoms with Crippen LogP contribution in [0.15, 0.2) is 218 Å². The topological polar surface area (TPSA) is 25.8 Å². The van der Waals surface area contributed by atoms with Crippen LogP contribution in [0.4, 0.5) is 0 Å². The average Bonchev–Trinajstić information content (AvgIpc) is 3.84. The Kier molecular flexibility index (Phi) is 7.62. The Hall–Kier alpha value is -7.94. The van der Waals surface area contributed by atoms with Crippen molar-refractivity contribution in [1.82, 2.24) is 9.97 Å². The van der Waals surface area contributed by atoms with E-state index in [1.807, 2.05) is 0 Å². The zero-order chi connectivity index (χ0) is 40.8. The molecule has 0 atom stereocenters. The van der Waals surface area contributed by atoms with Crippen molar-refractivity contribution in [2.45, 2.75) is 11.8 Å². The summed E-state index contributed by atoms with van der Waals surface area (Å²) in [5, 5.41) is 0. The minimum absolute atomic E-state index is 0.574. The molecule has 3 aliphatic carbocycles. The molecule has 10 aromatic rings. The Labute approximate surface area is 361 Å². The first kappa shape index (κ1) is 34.9. The second-order valence-electron chi connectivity index (χ2n) is 16.8. The summed E-state index contributed by atoms with van der Waals surface area (Å²) in [5.74, 6) is 0.722. The van der Waals surface area contributed by atoms with E-state index >= 15 is 0 Å². The Morgan fingerprint density at radius 3 is 1.37 bits per heavy atom. The summed E-state index contributed by atoms with van der Waals surface area (Å²) in [6.45, 7) is 0. The maximum atomic E-state index is 5.49. The van der Waals surface area contributed by atoms with Crippen LogP contribution in [0.5, 0.6) is 0 Å². The molecule has 2 nitrogen and oxygen atoms in total. The van der Waals surface area contributed by atoms with Gasteiger partial charge in [-0.25, -0.2) is 9.97 Å². The van der Waals surface area contributed by atoms with Gasteiger partial charge in [-0.05, 0) is 114 Å². The molecular formula is C60H38N2. The molecule has 0 aliphatic heterocycles. The Balaban J connectivity index is 1.06. The Morgan fingerprint density at radius 2 is 0.710 bits per heavy atom. The zero-order valence-electron chi connectivity index (χ0n) is 33.9. The number of hydrogen-bond donors (Lipinski definition) is 0. The fraction of sp³-hybridized carbons (Fsp3) is 0.0333. The molecule has 1 spiro atoms. The number of nitrogens with zero attached hydrogens (tertiary/aromatic N) is 2. The predicted octanol–water partition coefficient (Wildman–Crippen LogP) is 14.7. The van der Waals surface area contributed by atoms with Crippen molar-refractivity contribution in [2.75, 3.05) is 0 Å². The monoisotopic (exact) mass is 786 g/mol. The molecule has 1 aromatic heterocycles. The molecule has 0 bridgehead atoms. The highest BCUT2D eigenvalue weighted by Gasteiger charge is 2.49. The number of fused-ring (bicyclic) bond motifs is 15. The maximum absolute atomic E-state index is 5.49. The predicted molar refractivity (Wildman–Crippen MR) is 254 cm³/mol. The highest BCUT2D eigenvalue weighted by atomic mass is 14.9. The van der Waals surface area contributed by atoms with Gasteiger partial charge in [0.15, 0.2) is 5.82 Å². The van der Waals surface area contributed by atoms with Gasteiger partial charge in [-0.15, -0.1) is 0 Å². The SMILES string of the molecule is c1ccc(-c2ccc(-c3cc(-c4ccc5c(c4)C4(c6ccccc6-c6ccccc6-5)c5ccccc5-c5ccccc54)nc(-c4ccc5c(c4)Cc4ccccc4-5)n3)cc2)cc1. The van der Waals surface area contributed by atoms with Crippen LogP contribution < -0.4 is 0 Å². The van der Waals surface area contributed by atoms with Gasteiger partial charge < -0.3 is 0 Å². The quantitative estimate of drug-likeness (QED) is 0.178. The molecule has 0 N–H and O–H groups in total. The van der Waals surface area contributed by atoms with Crippen molar-refractivity contribution in [1.29, 1.82) is 0 Å². The normalized spacial score (nSPS) is 13.2. The van der Waals surface area contributed by atoms with Crippen molar-refractivity contribution in [3.05, 3.63) is 252 Å². The van der Waals surface area contributed by atoms with Crippen molar-refractivity contribution < 1.29 is 0 Å². The molecule has 62 heavy (non-hydrogen) atoms. The standard InChI is InChI=1S/C60H38N2/c1-2-14-38(15-3-1)39-26-28-40(29-27-39)57-37-58(62-59(61-57)43-31-32-46-44(35-43)34-41-16-4-5-17-45(41)46)42-30-33-52-48-19-7-6-18-47(48)49-20-8-11-23-53(49)60(56(52)36-42)54-24-12-9-21-50(54)51-22-10-13-25-55(51)60/h1-33,35-37H,34H2. The zero-order valence-corrected chi connectivity index (χ0v) is 33.9. The molecule has 13 rings (SSSR count). The van der Waals surface area contributed by atoms with Gasteiger partial charge in [0.1, 0.15) is 0 Å². The van der Waals surface area contributed by atoms with Crippen LogP contribution >= 0.6 is 0 Å². The second kappa shape index (κ2) is 13.5. The molecule has 2 heteroatoms. The second-order valence-corrected chi connectivity index (χ2v) is 16.8. The lowest BCUT2D eigenvalue weighted by Crippen LogP contribution is -2.29. The van der Waals surface area contributed by atoms with Crippen LogP contribution in [-0.2, 0) is 11.8 Å². The number of hydrogen-bond acceptors (Lipinski definition) is 2. The van der Waals surface area contributed by atoms with E-state index in [0.29, 0.717) is 0 Å². The molecule has 9 aromatic carbocycles. The van der Waals surface area contributed by atoms with Gasteiger partial charge in [0.2, 0.25) is 0 Å². The van der Waals surface area contributed by atoms with E-state index in [9.17, 15) is 0 Å². The molecule has 0 saturated heterocycles. The van der Waals surface area contributed by atoms with Gasteiger partial charge >= 0.3 is 0 Å². The van der Waals surface area contributed by atoms with E-state index in [-0.39, 0.29) is 0 Å². The van der Waals surface area contributed by atoms with Gasteiger partial charge in [-0.1, -0.05) is 200 Å². The molecule has 0 amide bonds. The van der Waals surface area contributed by atoms with Gasteiger partial charge in [0.05, 0.1) is 16.8 Å². The average molecular weight is 787 g/mol. The van der Waals surface area contributed by atoms with Gasteiger partial charge in [-0.3, -0.25) is 0 Å². The fourth-order valence-electron chi connectivity index (χ4n) is 10.8. The van der Waals surface area contributed by atoms with Crippen molar-refractivity contribution in [3.63, 3.8) is 0 Å². The van der Waals surface area contributed by atoms with Crippen LogP contribution in [0.1, 0.15) is 33.4 Å². The van der Waals surface area contributed by atoms with E-state index in [4.69, 9.17) is 9.97 Å². The molecule has 0 saturated carbocycles. The fourth-order valence-corrected chi connectivity index (χ4v) is 10.8. The lowest BCUT2D eigenvalue weighted by molar-refractivity contribution is 0.775. The highest BCUT2D eigenvalue weighted by molar-refractivity contribution is 5.98. The summed E-state index contributed by atoms with van der Waals surface area (Å²) >= 11 is 0. The van der Waals surface area contributed by atoms with Gasteiger partial charge in [-0.2, -0.15) is 0 Å². The lowest BCUT2D eigenvalue weighted by Gasteiger charge is -2.35. The van der Waals surface area contributed by atoms with E-state index in [0.717, 1.165) is 40.3 Å². The van der Waals surface area contributed by atoms with Gasteiger partial charge in [0, 0.05) is 16.7 Å². The van der Waals surface area contributed by atoms with Gasteiger partial charge in [0.25, 0.3) is 0 Å². The van der Waals surface area contributed by atoms with Crippen LogP contribution in [0.2, 0.25) is 0 Å². The van der Waals surface area contributed by atoms with Crippen molar-refractivity contribution in [3.8, 4) is 89.5 Å². The van der Waals surface area contributed by atoms with Crippen LogP contribution in [0.3, 0.4) is 0 Å². The Morgan fingerprint density at radius 1 is 0.274 bits per heavy atom. The smallest absolute Gasteiger partial charge is 0.160 e. The van der Waals surface area contributed by atoms with Crippen LogP contribution in [0, 0.1) is 0 Å². The first-order valence-electron chi connectivity index (χ1n) is 21.5. The highest BCUT2D eigenvalue weighted by Crippen LogP contribution is 2.61. The molecule has 0 fully saturated rings. The minimum atomic E-state index is -0.574. The van der Waals surface area contributed by atoms with E-state index in [2.05, 4.69) is 218 Å². The molecule has 0 unspecified atom stereocenters. The third kappa shape index (κ3) is 5.10. The first-order chi connectivity index (χ1) is 30.7. The lowest BCUT2D eigenvalue weighted by atomic mass is 9.65. The van der Waals surface area contributed by atoms with E-state index in [1.165, 1.54) is 89.0 Å². The number of benzene rings is 9. The first-order valence-corrected chi connectivity index (χ1v) is 21.5. The van der Waals surface area contributed by atoms with E-state index < -0.39 is 5.41 Å². The molecule has 1 heterocycles. The summed E-state index contributed by atoms with van der Waals surface area (Å²) in [6, 6.07) is 80.2. The van der Waals surface area contributed by atoms with Crippen molar-refractivity contribution >= 4 is 0 Å².